The van der Waals surface area contributed by atoms with Crippen LogP contribution in [0.3, 0.4) is 0 Å². The first-order valence-electron chi connectivity index (χ1n) is 5.27. The molecule has 0 aliphatic rings. The van der Waals surface area contributed by atoms with Gasteiger partial charge in [-0.25, -0.2) is 4.99 Å². The molecule has 0 fully saturated rings. The highest BCUT2D eigenvalue weighted by Gasteiger charge is 2.02. The second-order valence-electron chi connectivity index (χ2n) is 3.34. The van der Waals surface area contributed by atoms with Crippen LogP contribution in [0.5, 0.6) is 0 Å². The van der Waals surface area contributed by atoms with Gasteiger partial charge >= 0.3 is 0 Å². The number of nitrogens with zero attached hydrogens (tertiary/aromatic N) is 2. The van der Waals surface area contributed by atoms with Gasteiger partial charge in [-0.2, -0.15) is 0 Å². The predicted octanol–water partition coefficient (Wildman–Crippen LogP) is 4.03. The molecular formula is C14H15IN2. The van der Waals surface area contributed by atoms with E-state index in [1.165, 1.54) is 0 Å². The molecule has 0 aromatic heterocycles. The summed E-state index contributed by atoms with van der Waals surface area (Å²) in [6.45, 7) is 5.90. The van der Waals surface area contributed by atoms with Crippen LogP contribution in [0.25, 0.3) is 0 Å². The number of aliphatic imine (C=N–C) groups is 2. The molecule has 0 radical (unpaired) electrons. The van der Waals surface area contributed by atoms with Crippen molar-refractivity contribution in [1.82, 2.24) is 0 Å². The molecule has 0 heterocycles. The summed E-state index contributed by atoms with van der Waals surface area (Å²) in [5.41, 5.74) is 1.91. The molecule has 0 saturated carbocycles. The van der Waals surface area contributed by atoms with E-state index in [2.05, 4.69) is 39.2 Å². The van der Waals surface area contributed by atoms with Crippen LogP contribution in [-0.2, 0) is 0 Å². The van der Waals surface area contributed by atoms with E-state index in [1.54, 1.807) is 7.05 Å². The fourth-order valence-electron chi connectivity index (χ4n) is 1.27. The third-order valence-electron chi connectivity index (χ3n) is 2.08. The summed E-state index contributed by atoms with van der Waals surface area (Å²) < 4.78 is 0.852. The van der Waals surface area contributed by atoms with Gasteiger partial charge in [0, 0.05) is 12.6 Å². The summed E-state index contributed by atoms with van der Waals surface area (Å²) in [7, 11) is 1.74. The van der Waals surface area contributed by atoms with E-state index in [1.807, 2.05) is 49.4 Å². The normalized spacial score (nSPS) is 13.1. The molecular weight excluding hydrogens is 323 g/mol. The first-order chi connectivity index (χ1) is 8.19. The zero-order valence-electron chi connectivity index (χ0n) is 10.0. The lowest BCUT2D eigenvalue weighted by Crippen LogP contribution is -2.01. The van der Waals surface area contributed by atoms with Crippen molar-refractivity contribution in [3.8, 4) is 0 Å². The molecule has 88 valence electrons. The van der Waals surface area contributed by atoms with Crippen LogP contribution in [0.2, 0.25) is 0 Å². The van der Waals surface area contributed by atoms with Crippen LogP contribution >= 0.6 is 22.6 Å². The monoisotopic (exact) mass is 338 g/mol. The fraction of sp³-hybridized carbons (Fsp3) is 0.143. The number of allylic oxidation sites excluding steroid dienone is 3. The van der Waals surface area contributed by atoms with Crippen LogP contribution in [0, 0.1) is 0 Å². The predicted molar refractivity (Wildman–Crippen MR) is 84.3 cm³/mol. The first-order valence-corrected chi connectivity index (χ1v) is 6.35. The molecule has 0 aliphatic carbocycles. The van der Waals surface area contributed by atoms with Crippen LogP contribution in [0.15, 0.2) is 64.6 Å². The Bertz CT molecular complexity index is 470. The van der Waals surface area contributed by atoms with Crippen LogP contribution in [0.4, 0.5) is 0 Å². The lowest BCUT2D eigenvalue weighted by atomic mass is 10.2. The molecule has 0 aliphatic heterocycles. The number of amidine groups is 1. The number of hydrogen-bond acceptors (Lipinski definition) is 1. The van der Waals surface area contributed by atoms with Crippen molar-refractivity contribution in [1.29, 1.82) is 0 Å². The van der Waals surface area contributed by atoms with Crippen molar-refractivity contribution in [3.05, 3.63) is 60.2 Å². The van der Waals surface area contributed by atoms with E-state index in [4.69, 9.17) is 0 Å². The van der Waals surface area contributed by atoms with Crippen molar-refractivity contribution >= 4 is 32.1 Å². The lowest BCUT2D eigenvalue weighted by molar-refractivity contribution is 1.39. The molecule has 0 N–H and O–H groups in total. The molecule has 0 amide bonds. The average molecular weight is 338 g/mol. The Hall–Kier alpha value is -1.23. The van der Waals surface area contributed by atoms with E-state index < -0.39 is 0 Å². The molecule has 0 spiro atoms. The number of hydrogen-bond donors (Lipinski definition) is 0. The maximum absolute atomic E-state index is 4.49. The zero-order valence-corrected chi connectivity index (χ0v) is 12.2. The topological polar surface area (TPSA) is 24.7 Å². The zero-order chi connectivity index (χ0) is 12.7. The minimum atomic E-state index is 0.723. The van der Waals surface area contributed by atoms with Gasteiger partial charge in [0.1, 0.15) is 3.72 Å². The van der Waals surface area contributed by atoms with Crippen LogP contribution in [-0.4, -0.2) is 16.6 Å². The summed E-state index contributed by atoms with van der Waals surface area (Å²) in [6, 6.07) is 9.92. The Morgan fingerprint density at radius 1 is 1.29 bits per heavy atom. The third kappa shape index (κ3) is 4.26. The van der Waals surface area contributed by atoms with Crippen LogP contribution < -0.4 is 0 Å². The summed E-state index contributed by atoms with van der Waals surface area (Å²) >= 11 is 2.17. The minimum absolute atomic E-state index is 0.723. The van der Waals surface area contributed by atoms with Gasteiger partial charge in [-0.3, -0.25) is 4.99 Å². The molecule has 3 heteroatoms. The molecule has 0 atom stereocenters. The van der Waals surface area contributed by atoms with E-state index in [9.17, 15) is 0 Å². The van der Waals surface area contributed by atoms with Gasteiger partial charge in [0.15, 0.2) is 5.84 Å². The average Bonchev–Trinajstić information content (AvgIpc) is 2.37. The highest BCUT2D eigenvalue weighted by atomic mass is 127. The molecule has 0 unspecified atom stereocenters. The maximum atomic E-state index is 4.49. The molecule has 0 bridgehead atoms. The summed E-state index contributed by atoms with van der Waals surface area (Å²) in [5.74, 6) is 0.723. The van der Waals surface area contributed by atoms with Crippen LogP contribution in [0.1, 0.15) is 12.5 Å². The van der Waals surface area contributed by atoms with Crippen molar-refractivity contribution in [3.63, 3.8) is 0 Å². The largest absolute Gasteiger partial charge is 0.270 e. The molecule has 1 aromatic carbocycles. The van der Waals surface area contributed by atoms with Gasteiger partial charge in [0.25, 0.3) is 0 Å². The standard InChI is InChI=1S/C14H15IN2/c1-4-8-11(2)13(15)17-14(16-3)12-9-6-5-7-10-12/h4-10H,2H2,1,3H3/b8-4-,16-14-,17-13-. The van der Waals surface area contributed by atoms with E-state index in [-0.39, 0.29) is 0 Å². The molecule has 2 nitrogen and oxygen atoms in total. The van der Waals surface area contributed by atoms with Crippen molar-refractivity contribution < 1.29 is 0 Å². The quantitative estimate of drug-likeness (QED) is 0.344. The smallest absolute Gasteiger partial charge is 0.155 e. The summed E-state index contributed by atoms with van der Waals surface area (Å²) in [6.07, 6.45) is 3.88. The SMILES string of the molecule is C=C(/C=C\C)/C(I)=N/C(=N\C)c1ccccc1. The number of halogens is 1. The summed E-state index contributed by atoms with van der Waals surface area (Å²) in [5, 5.41) is 0. The van der Waals surface area contributed by atoms with Gasteiger partial charge in [-0.15, -0.1) is 0 Å². The second-order valence-corrected chi connectivity index (χ2v) is 4.36. The van der Waals surface area contributed by atoms with Gasteiger partial charge in [0.2, 0.25) is 0 Å². The van der Waals surface area contributed by atoms with E-state index in [0.717, 1.165) is 20.7 Å². The van der Waals surface area contributed by atoms with E-state index in [0.29, 0.717) is 0 Å². The minimum Gasteiger partial charge on any atom is -0.270 e. The Balaban J connectivity index is 2.99. The summed E-state index contributed by atoms with van der Waals surface area (Å²) in [4.78, 5) is 8.69. The van der Waals surface area contributed by atoms with Crippen molar-refractivity contribution in [2.24, 2.45) is 9.98 Å². The van der Waals surface area contributed by atoms with Crippen molar-refractivity contribution in [2.45, 2.75) is 6.92 Å². The van der Waals surface area contributed by atoms with Gasteiger partial charge < -0.3 is 0 Å². The van der Waals surface area contributed by atoms with Gasteiger partial charge in [-0.05, 0) is 35.1 Å². The Kier molecular flexibility index (Phi) is 5.83. The first kappa shape index (κ1) is 13.8. The number of rotatable bonds is 3. The van der Waals surface area contributed by atoms with Gasteiger partial charge in [0.05, 0.1) is 0 Å². The Morgan fingerprint density at radius 2 is 1.94 bits per heavy atom. The van der Waals surface area contributed by atoms with Gasteiger partial charge in [-0.1, -0.05) is 49.1 Å². The second kappa shape index (κ2) is 7.17. The molecule has 1 aromatic rings. The Morgan fingerprint density at radius 3 is 2.47 bits per heavy atom. The molecule has 1 rings (SSSR count). The highest BCUT2D eigenvalue weighted by molar-refractivity contribution is 14.1. The third-order valence-corrected chi connectivity index (χ3v) is 3.01. The fourth-order valence-corrected chi connectivity index (χ4v) is 1.67. The molecule has 0 saturated heterocycles. The maximum Gasteiger partial charge on any atom is 0.155 e. The Labute approximate surface area is 116 Å². The lowest BCUT2D eigenvalue weighted by Gasteiger charge is -2.02. The molecule has 17 heavy (non-hydrogen) atoms. The van der Waals surface area contributed by atoms with Crippen molar-refractivity contribution in [2.75, 3.05) is 7.05 Å². The number of benzene rings is 1. The van der Waals surface area contributed by atoms with E-state index >= 15 is 0 Å². The highest BCUT2D eigenvalue weighted by Crippen LogP contribution is 2.09.